The van der Waals surface area contributed by atoms with Crippen molar-refractivity contribution in [3.05, 3.63) is 29.8 Å². The Morgan fingerprint density at radius 3 is 2.47 bits per heavy atom. The molecule has 0 amide bonds. The van der Waals surface area contributed by atoms with Crippen molar-refractivity contribution in [1.29, 1.82) is 0 Å². The van der Waals surface area contributed by atoms with Crippen LogP contribution in [0.25, 0.3) is 0 Å². The number of carboxylic acids is 1. The van der Waals surface area contributed by atoms with Crippen molar-refractivity contribution in [3.63, 3.8) is 0 Å². The summed E-state index contributed by atoms with van der Waals surface area (Å²) in [6.45, 7) is 4.15. The SMILES string of the molecule is Cc1cccc(N2CC3CC(CC(C(=O)O)C3)C2)c1. The van der Waals surface area contributed by atoms with E-state index in [2.05, 4.69) is 36.1 Å². The first-order valence-corrected chi connectivity index (χ1v) is 7.16. The third kappa shape index (κ3) is 2.60. The number of benzene rings is 1. The minimum Gasteiger partial charge on any atom is -0.481 e. The number of anilines is 1. The Morgan fingerprint density at radius 1 is 1.21 bits per heavy atom. The Morgan fingerprint density at radius 2 is 1.89 bits per heavy atom. The minimum atomic E-state index is -0.598. The lowest BCUT2D eigenvalue weighted by Crippen LogP contribution is -2.45. The number of hydrogen-bond donors (Lipinski definition) is 1. The van der Waals surface area contributed by atoms with Crippen LogP contribution in [-0.4, -0.2) is 24.2 Å². The van der Waals surface area contributed by atoms with E-state index in [4.69, 9.17) is 0 Å². The van der Waals surface area contributed by atoms with Crippen LogP contribution in [0.2, 0.25) is 0 Å². The summed E-state index contributed by atoms with van der Waals surface area (Å²) in [4.78, 5) is 13.6. The zero-order chi connectivity index (χ0) is 13.4. The fourth-order valence-electron chi connectivity index (χ4n) is 3.80. The number of fused-ring (bicyclic) bond motifs is 2. The lowest BCUT2D eigenvalue weighted by atomic mass is 9.72. The first kappa shape index (κ1) is 12.5. The zero-order valence-corrected chi connectivity index (χ0v) is 11.4. The quantitative estimate of drug-likeness (QED) is 0.887. The van der Waals surface area contributed by atoms with Crippen LogP contribution in [0, 0.1) is 24.7 Å². The van der Waals surface area contributed by atoms with Gasteiger partial charge in [-0.1, -0.05) is 12.1 Å². The summed E-state index contributed by atoms with van der Waals surface area (Å²) in [5, 5.41) is 9.20. The predicted molar refractivity (Wildman–Crippen MR) is 75.3 cm³/mol. The summed E-state index contributed by atoms with van der Waals surface area (Å²) in [6.07, 6.45) is 2.92. The molecule has 1 aliphatic heterocycles. The van der Waals surface area contributed by atoms with E-state index >= 15 is 0 Å². The molecule has 2 unspecified atom stereocenters. The van der Waals surface area contributed by atoms with Crippen LogP contribution in [0.5, 0.6) is 0 Å². The monoisotopic (exact) mass is 259 g/mol. The van der Waals surface area contributed by atoms with Crippen molar-refractivity contribution in [2.24, 2.45) is 17.8 Å². The van der Waals surface area contributed by atoms with Crippen LogP contribution in [0.1, 0.15) is 24.8 Å². The third-order valence-corrected chi connectivity index (χ3v) is 4.58. The van der Waals surface area contributed by atoms with Gasteiger partial charge in [-0.15, -0.1) is 0 Å². The number of rotatable bonds is 2. The van der Waals surface area contributed by atoms with Gasteiger partial charge in [0, 0.05) is 18.8 Å². The number of carbonyl (C=O) groups is 1. The van der Waals surface area contributed by atoms with E-state index in [1.807, 2.05) is 0 Å². The maximum Gasteiger partial charge on any atom is 0.306 e. The van der Waals surface area contributed by atoms with Crippen LogP contribution in [-0.2, 0) is 4.79 Å². The molecular weight excluding hydrogens is 238 g/mol. The van der Waals surface area contributed by atoms with Gasteiger partial charge in [0.05, 0.1) is 5.92 Å². The molecule has 1 N–H and O–H groups in total. The Labute approximate surface area is 114 Å². The molecule has 3 rings (SSSR count). The number of aliphatic carboxylic acids is 1. The van der Waals surface area contributed by atoms with E-state index in [1.165, 1.54) is 17.7 Å². The highest BCUT2D eigenvalue weighted by atomic mass is 16.4. The topological polar surface area (TPSA) is 40.5 Å². The highest BCUT2D eigenvalue weighted by Gasteiger charge is 2.37. The van der Waals surface area contributed by atoms with E-state index in [9.17, 15) is 9.90 Å². The van der Waals surface area contributed by atoms with Crippen molar-refractivity contribution in [2.75, 3.05) is 18.0 Å². The van der Waals surface area contributed by atoms with Crippen molar-refractivity contribution in [1.82, 2.24) is 0 Å². The standard InChI is InChI=1S/C16H21NO2/c1-11-3-2-4-15(5-11)17-9-12-6-13(10-17)8-14(7-12)16(18)19/h2-5,12-14H,6-10H2,1H3,(H,18,19). The molecule has 3 heteroatoms. The lowest BCUT2D eigenvalue weighted by molar-refractivity contribution is -0.144. The smallest absolute Gasteiger partial charge is 0.306 e. The zero-order valence-electron chi connectivity index (χ0n) is 11.4. The summed E-state index contributed by atoms with van der Waals surface area (Å²) in [7, 11) is 0. The average Bonchev–Trinajstić information content (AvgIpc) is 2.37. The number of nitrogens with zero attached hydrogens (tertiary/aromatic N) is 1. The van der Waals surface area contributed by atoms with Gasteiger partial charge >= 0.3 is 5.97 Å². The van der Waals surface area contributed by atoms with E-state index < -0.39 is 5.97 Å². The van der Waals surface area contributed by atoms with Gasteiger partial charge in [-0.3, -0.25) is 4.79 Å². The second-order valence-corrected chi connectivity index (χ2v) is 6.22. The summed E-state index contributed by atoms with van der Waals surface area (Å²) in [6, 6.07) is 8.63. The Hall–Kier alpha value is -1.51. The van der Waals surface area contributed by atoms with Crippen molar-refractivity contribution in [3.8, 4) is 0 Å². The Balaban J connectivity index is 1.74. The van der Waals surface area contributed by atoms with Gasteiger partial charge in [0.1, 0.15) is 0 Å². The predicted octanol–water partition coefficient (Wildman–Crippen LogP) is 2.93. The van der Waals surface area contributed by atoms with Gasteiger partial charge in [-0.2, -0.15) is 0 Å². The second kappa shape index (κ2) is 4.87. The molecular formula is C16H21NO2. The number of hydrogen-bond acceptors (Lipinski definition) is 2. The fourth-order valence-corrected chi connectivity index (χ4v) is 3.80. The molecule has 1 aliphatic carbocycles. The molecule has 1 saturated heterocycles. The maximum atomic E-state index is 11.2. The highest BCUT2D eigenvalue weighted by Crippen LogP contribution is 2.39. The summed E-state index contributed by atoms with van der Waals surface area (Å²) >= 11 is 0. The normalized spacial score (nSPS) is 30.2. The molecule has 0 aromatic heterocycles. The molecule has 2 atom stereocenters. The van der Waals surface area contributed by atoms with Crippen LogP contribution >= 0.6 is 0 Å². The summed E-state index contributed by atoms with van der Waals surface area (Å²) in [5.41, 5.74) is 2.58. The molecule has 2 aliphatic rings. The minimum absolute atomic E-state index is 0.108. The largest absolute Gasteiger partial charge is 0.481 e. The molecule has 1 aromatic rings. The molecule has 3 nitrogen and oxygen atoms in total. The highest BCUT2D eigenvalue weighted by molar-refractivity contribution is 5.70. The fraction of sp³-hybridized carbons (Fsp3) is 0.562. The Kier molecular flexibility index (Phi) is 3.21. The third-order valence-electron chi connectivity index (χ3n) is 4.58. The molecule has 2 fully saturated rings. The average molecular weight is 259 g/mol. The molecule has 19 heavy (non-hydrogen) atoms. The van der Waals surface area contributed by atoms with Crippen LogP contribution < -0.4 is 4.90 Å². The van der Waals surface area contributed by atoms with E-state index in [1.54, 1.807) is 0 Å². The van der Waals surface area contributed by atoms with Crippen LogP contribution in [0.15, 0.2) is 24.3 Å². The van der Waals surface area contributed by atoms with Gasteiger partial charge in [-0.25, -0.2) is 0 Å². The molecule has 0 spiro atoms. The molecule has 0 radical (unpaired) electrons. The van der Waals surface area contributed by atoms with Crippen molar-refractivity contribution < 1.29 is 9.90 Å². The van der Waals surface area contributed by atoms with Gasteiger partial charge in [0.2, 0.25) is 0 Å². The van der Waals surface area contributed by atoms with Crippen molar-refractivity contribution >= 4 is 11.7 Å². The number of piperidine rings is 1. The first-order valence-electron chi connectivity index (χ1n) is 7.16. The molecule has 102 valence electrons. The summed E-state index contributed by atoms with van der Waals surface area (Å²) < 4.78 is 0. The van der Waals surface area contributed by atoms with Gasteiger partial charge in [-0.05, 0) is 55.7 Å². The van der Waals surface area contributed by atoms with Gasteiger partial charge in [0.25, 0.3) is 0 Å². The van der Waals surface area contributed by atoms with E-state index in [-0.39, 0.29) is 5.92 Å². The Bertz CT molecular complexity index is 471. The molecule has 1 saturated carbocycles. The van der Waals surface area contributed by atoms with Gasteiger partial charge < -0.3 is 10.0 Å². The second-order valence-electron chi connectivity index (χ2n) is 6.22. The van der Waals surface area contributed by atoms with Crippen molar-refractivity contribution in [2.45, 2.75) is 26.2 Å². The maximum absolute atomic E-state index is 11.2. The van der Waals surface area contributed by atoms with Gasteiger partial charge in [0.15, 0.2) is 0 Å². The lowest BCUT2D eigenvalue weighted by Gasteiger charge is -2.44. The van der Waals surface area contributed by atoms with E-state index in [0.29, 0.717) is 11.8 Å². The van der Waals surface area contributed by atoms with E-state index in [0.717, 1.165) is 25.9 Å². The number of carboxylic acid groups (broad SMARTS) is 1. The molecule has 1 aromatic carbocycles. The summed E-state index contributed by atoms with van der Waals surface area (Å²) in [5.74, 6) is 0.394. The number of aryl methyl sites for hydroxylation is 1. The van der Waals surface area contributed by atoms with Crippen LogP contribution in [0.4, 0.5) is 5.69 Å². The molecule has 1 heterocycles. The molecule has 2 bridgehead atoms. The first-order chi connectivity index (χ1) is 9.11. The van der Waals surface area contributed by atoms with Crippen LogP contribution in [0.3, 0.4) is 0 Å².